The van der Waals surface area contributed by atoms with Crippen molar-refractivity contribution in [1.82, 2.24) is 0 Å². The van der Waals surface area contributed by atoms with Gasteiger partial charge >= 0.3 is 7.12 Å². The normalized spacial score (nSPS) is 17.0. The number of hydrogen-bond acceptors (Lipinski definition) is 3. The second-order valence-corrected chi connectivity index (χ2v) is 5.53. The average Bonchev–Trinajstić information content (AvgIpc) is 2.77. The lowest BCUT2D eigenvalue weighted by atomic mass is 9.77. The summed E-state index contributed by atoms with van der Waals surface area (Å²) in [4.78, 5) is 2.22. The van der Waals surface area contributed by atoms with Gasteiger partial charge in [0.2, 0.25) is 0 Å². The monoisotopic (exact) mass is 285 g/mol. The van der Waals surface area contributed by atoms with Crippen molar-refractivity contribution < 1.29 is 14.4 Å². The minimum absolute atomic E-state index is 0.228. The van der Waals surface area contributed by atoms with Gasteiger partial charge in [-0.1, -0.05) is 24.3 Å². The Labute approximate surface area is 123 Å². The molecule has 1 aliphatic heterocycles. The highest BCUT2D eigenvalue weighted by atomic mass is 19.1. The number of hydrogen-bond donors (Lipinski definition) is 2. The molecule has 21 heavy (non-hydrogen) atoms. The number of fused-ring (bicyclic) bond motifs is 1. The molecular weight excluding hydrogens is 268 g/mol. The summed E-state index contributed by atoms with van der Waals surface area (Å²) in [5.74, 6) is -0.461. The molecule has 1 unspecified atom stereocenters. The van der Waals surface area contributed by atoms with Gasteiger partial charge in [-0.25, -0.2) is 4.39 Å². The van der Waals surface area contributed by atoms with Crippen molar-refractivity contribution in [1.29, 1.82) is 0 Å². The maximum Gasteiger partial charge on any atom is 0.488 e. The Bertz CT molecular complexity index is 662. The Kier molecular flexibility index (Phi) is 3.70. The van der Waals surface area contributed by atoms with Gasteiger partial charge in [0.15, 0.2) is 0 Å². The van der Waals surface area contributed by atoms with E-state index in [0.29, 0.717) is 12.6 Å². The molecule has 0 aromatic heterocycles. The van der Waals surface area contributed by atoms with Crippen LogP contribution in [0, 0.1) is 5.82 Å². The molecule has 1 heterocycles. The molecule has 3 nitrogen and oxygen atoms in total. The molecule has 2 aromatic rings. The molecule has 0 spiro atoms. The van der Waals surface area contributed by atoms with Crippen molar-refractivity contribution in [3.8, 4) is 0 Å². The van der Waals surface area contributed by atoms with E-state index >= 15 is 0 Å². The lowest BCUT2D eigenvalue weighted by molar-refractivity contribution is 0.425. The van der Waals surface area contributed by atoms with Gasteiger partial charge in [-0.2, -0.15) is 0 Å². The van der Waals surface area contributed by atoms with Crippen LogP contribution < -0.4 is 10.4 Å². The van der Waals surface area contributed by atoms with Gasteiger partial charge in [-0.05, 0) is 48.1 Å². The molecule has 0 saturated heterocycles. The van der Waals surface area contributed by atoms with Crippen molar-refractivity contribution >= 4 is 18.3 Å². The molecule has 0 aliphatic carbocycles. The molecule has 0 fully saturated rings. The fourth-order valence-corrected chi connectivity index (χ4v) is 3.00. The largest absolute Gasteiger partial charge is 0.488 e. The third-order valence-electron chi connectivity index (χ3n) is 4.08. The van der Waals surface area contributed by atoms with Crippen molar-refractivity contribution in [2.45, 2.75) is 25.9 Å². The van der Waals surface area contributed by atoms with Crippen LogP contribution >= 0.6 is 0 Å². The first-order valence-corrected chi connectivity index (χ1v) is 7.05. The number of anilines is 1. The maximum absolute atomic E-state index is 13.3. The number of benzene rings is 2. The predicted molar refractivity (Wildman–Crippen MR) is 82.0 cm³/mol. The van der Waals surface area contributed by atoms with Crippen molar-refractivity contribution in [2.24, 2.45) is 0 Å². The number of nitrogens with zero attached hydrogens (tertiary/aromatic N) is 1. The molecular formula is C16H17BFNO2. The van der Waals surface area contributed by atoms with Crippen LogP contribution in [-0.2, 0) is 13.0 Å². The summed E-state index contributed by atoms with van der Waals surface area (Å²) in [7, 11) is -1.66. The second kappa shape index (κ2) is 5.50. The average molecular weight is 285 g/mol. The molecule has 0 bridgehead atoms. The van der Waals surface area contributed by atoms with E-state index in [-0.39, 0.29) is 5.46 Å². The summed E-state index contributed by atoms with van der Waals surface area (Å²) in [6.45, 7) is 2.67. The van der Waals surface area contributed by atoms with Crippen LogP contribution in [-0.4, -0.2) is 23.2 Å². The van der Waals surface area contributed by atoms with Crippen LogP contribution in [0.1, 0.15) is 18.1 Å². The van der Waals surface area contributed by atoms with Gasteiger partial charge in [0.25, 0.3) is 0 Å². The molecule has 0 saturated carbocycles. The molecule has 1 atom stereocenters. The number of halogens is 1. The lowest BCUT2D eigenvalue weighted by Gasteiger charge is -2.26. The van der Waals surface area contributed by atoms with Gasteiger partial charge < -0.3 is 14.9 Å². The Morgan fingerprint density at radius 1 is 1.24 bits per heavy atom. The summed E-state index contributed by atoms with van der Waals surface area (Å²) < 4.78 is 13.3. The highest BCUT2D eigenvalue weighted by Crippen LogP contribution is 2.32. The Morgan fingerprint density at radius 3 is 2.76 bits per heavy atom. The topological polar surface area (TPSA) is 43.7 Å². The molecule has 108 valence electrons. The SMILES string of the molecule is CC1Cc2ccccc2N1Cc1ccc(F)cc1B(O)O. The summed E-state index contributed by atoms with van der Waals surface area (Å²) >= 11 is 0. The minimum atomic E-state index is -1.66. The van der Waals surface area contributed by atoms with E-state index in [9.17, 15) is 14.4 Å². The summed E-state index contributed by atoms with van der Waals surface area (Å²) in [6.07, 6.45) is 0.967. The van der Waals surface area contributed by atoms with E-state index in [4.69, 9.17) is 0 Å². The van der Waals surface area contributed by atoms with Gasteiger partial charge in [0.1, 0.15) is 5.82 Å². The van der Waals surface area contributed by atoms with Crippen molar-refractivity contribution in [2.75, 3.05) is 4.90 Å². The maximum atomic E-state index is 13.3. The van der Waals surface area contributed by atoms with E-state index in [0.717, 1.165) is 17.7 Å². The number of rotatable bonds is 3. The van der Waals surface area contributed by atoms with Crippen molar-refractivity contribution in [3.63, 3.8) is 0 Å². The molecule has 2 N–H and O–H groups in total. The first-order chi connectivity index (χ1) is 10.1. The second-order valence-electron chi connectivity index (χ2n) is 5.53. The van der Waals surface area contributed by atoms with Gasteiger partial charge in [-0.15, -0.1) is 0 Å². The molecule has 0 radical (unpaired) electrons. The Morgan fingerprint density at radius 2 is 2.00 bits per heavy atom. The van der Waals surface area contributed by atoms with E-state index < -0.39 is 12.9 Å². The first-order valence-electron chi connectivity index (χ1n) is 7.05. The smallest absolute Gasteiger partial charge is 0.423 e. The van der Waals surface area contributed by atoms with E-state index in [2.05, 4.69) is 24.0 Å². The van der Waals surface area contributed by atoms with Gasteiger partial charge in [0, 0.05) is 18.3 Å². The van der Waals surface area contributed by atoms with Crippen LogP contribution in [0.4, 0.5) is 10.1 Å². The van der Waals surface area contributed by atoms with E-state index in [1.54, 1.807) is 6.07 Å². The highest BCUT2D eigenvalue weighted by Gasteiger charge is 2.27. The quantitative estimate of drug-likeness (QED) is 0.839. The zero-order chi connectivity index (χ0) is 15.0. The summed E-state index contributed by atoms with van der Waals surface area (Å²) in [6, 6.07) is 12.7. The van der Waals surface area contributed by atoms with Crippen LogP contribution in [0.25, 0.3) is 0 Å². The van der Waals surface area contributed by atoms with E-state index in [1.807, 2.05) is 12.1 Å². The predicted octanol–water partition coefficient (Wildman–Crippen LogP) is 1.46. The van der Waals surface area contributed by atoms with Crippen LogP contribution in [0.15, 0.2) is 42.5 Å². The zero-order valence-corrected chi connectivity index (χ0v) is 11.8. The highest BCUT2D eigenvalue weighted by molar-refractivity contribution is 6.59. The molecule has 3 rings (SSSR count). The van der Waals surface area contributed by atoms with Gasteiger partial charge in [-0.3, -0.25) is 0 Å². The minimum Gasteiger partial charge on any atom is -0.423 e. The third kappa shape index (κ3) is 2.67. The van der Waals surface area contributed by atoms with E-state index in [1.165, 1.54) is 17.7 Å². The third-order valence-corrected chi connectivity index (χ3v) is 4.08. The molecule has 2 aromatic carbocycles. The standard InChI is InChI=1S/C16H17BFNO2/c1-11-8-12-4-2-3-5-16(12)19(11)10-13-6-7-14(18)9-15(13)17(20)21/h2-7,9,11,20-21H,8,10H2,1H3. The molecule has 5 heteroatoms. The summed E-state index contributed by atoms with van der Waals surface area (Å²) in [5, 5.41) is 18.9. The summed E-state index contributed by atoms with van der Waals surface area (Å²) in [5.41, 5.74) is 3.41. The Hall–Kier alpha value is -1.85. The Balaban J connectivity index is 1.94. The van der Waals surface area contributed by atoms with Crippen LogP contribution in [0.2, 0.25) is 0 Å². The van der Waals surface area contributed by atoms with Crippen molar-refractivity contribution in [3.05, 3.63) is 59.4 Å². The number of para-hydroxylation sites is 1. The first kappa shape index (κ1) is 14.1. The molecule has 1 aliphatic rings. The van der Waals surface area contributed by atoms with Crippen LogP contribution in [0.5, 0.6) is 0 Å². The fourth-order valence-electron chi connectivity index (χ4n) is 3.00. The van der Waals surface area contributed by atoms with Crippen LogP contribution in [0.3, 0.4) is 0 Å². The zero-order valence-electron chi connectivity index (χ0n) is 11.8. The van der Waals surface area contributed by atoms with Gasteiger partial charge in [0.05, 0.1) is 0 Å². The fraction of sp³-hybridized carbons (Fsp3) is 0.250. The molecule has 0 amide bonds. The lowest BCUT2D eigenvalue weighted by Crippen LogP contribution is -2.37.